The Kier molecular flexibility index (Phi) is 4.59. The highest BCUT2D eigenvalue weighted by atomic mass is 16.7. The van der Waals surface area contributed by atoms with Crippen LogP contribution in [0.3, 0.4) is 0 Å². The Morgan fingerprint density at radius 2 is 2.15 bits per heavy atom. The number of nitrogens with zero attached hydrogens (tertiary/aromatic N) is 2. The van der Waals surface area contributed by atoms with Gasteiger partial charge in [0.2, 0.25) is 0 Å². The quantitative estimate of drug-likeness (QED) is 0.575. The van der Waals surface area contributed by atoms with Gasteiger partial charge in [-0.2, -0.15) is 0 Å². The van der Waals surface area contributed by atoms with E-state index in [9.17, 15) is 0 Å². The maximum Gasteiger partial charge on any atom is 0.115 e. The molecule has 76 valence electrons. The van der Waals surface area contributed by atoms with Gasteiger partial charge in [-0.15, -0.1) is 0 Å². The van der Waals surface area contributed by atoms with Crippen LogP contribution < -0.4 is 0 Å². The molecule has 1 heterocycles. The van der Waals surface area contributed by atoms with Crippen LogP contribution in [0.2, 0.25) is 0 Å². The van der Waals surface area contributed by atoms with Crippen LogP contribution in [0.25, 0.3) is 0 Å². The monoisotopic (exact) mass is 188 g/mol. The first-order valence-electron chi connectivity index (χ1n) is 4.29. The van der Waals surface area contributed by atoms with Gasteiger partial charge < -0.3 is 14.7 Å². The molecule has 0 aliphatic carbocycles. The lowest BCUT2D eigenvalue weighted by Crippen LogP contribution is -2.24. The molecule has 1 rings (SSSR count). The second kappa shape index (κ2) is 5.80. The molecule has 0 aromatic rings. The molecular formula is C8H16N2O3. The molecule has 1 N–H and O–H groups in total. The molecule has 0 bridgehead atoms. The number of rotatable bonds is 6. The van der Waals surface area contributed by atoms with Crippen molar-refractivity contribution in [1.29, 1.82) is 0 Å². The van der Waals surface area contributed by atoms with Crippen LogP contribution in [0.4, 0.5) is 0 Å². The number of ether oxygens (including phenoxy) is 1. The summed E-state index contributed by atoms with van der Waals surface area (Å²) in [5, 5.41) is 10.2. The van der Waals surface area contributed by atoms with E-state index in [-0.39, 0.29) is 6.61 Å². The van der Waals surface area contributed by atoms with Crippen molar-refractivity contribution >= 4 is 0 Å². The Balaban J connectivity index is 1.92. The molecule has 13 heavy (non-hydrogen) atoms. The van der Waals surface area contributed by atoms with Gasteiger partial charge in [0, 0.05) is 19.4 Å². The minimum absolute atomic E-state index is 0.0619. The van der Waals surface area contributed by atoms with Gasteiger partial charge in [0.1, 0.15) is 6.67 Å². The SMILES string of the molecule is CN1C=CN(OCCOCCO)C1. The fraction of sp³-hybridized carbons (Fsp3) is 0.750. The van der Waals surface area contributed by atoms with Gasteiger partial charge in [0.05, 0.1) is 26.4 Å². The molecule has 1 aliphatic heterocycles. The van der Waals surface area contributed by atoms with Gasteiger partial charge in [0.25, 0.3) is 0 Å². The number of aliphatic hydroxyl groups is 1. The summed E-state index contributed by atoms with van der Waals surface area (Å²) in [5.41, 5.74) is 0. The minimum atomic E-state index is 0.0619. The molecule has 0 amide bonds. The van der Waals surface area contributed by atoms with Crippen LogP contribution in [-0.4, -0.2) is 55.2 Å². The summed E-state index contributed by atoms with van der Waals surface area (Å²) < 4.78 is 5.03. The summed E-state index contributed by atoms with van der Waals surface area (Å²) in [6.45, 7) is 2.21. The molecule has 5 heteroatoms. The first-order valence-corrected chi connectivity index (χ1v) is 4.29. The predicted molar refractivity (Wildman–Crippen MR) is 47.5 cm³/mol. The number of hydrogen-bond acceptors (Lipinski definition) is 5. The number of aliphatic hydroxyl groups excluding tert-OH is 1. The molecule has 0 radical (unpaired) electrons. The molecule has 0 saturated carbocycles. The van der Waals surface area contributed by atoms with E-state index in [0.29, 0.717) is 19.8 Å². The van der Waals surface area contributed by atoms with Gasteiger partial charge in [-0.1, -0.05) is 0 Å². The average Bonchev–Trinajstić information content (AvgIpc) is 2.51. The lowest BCUT2D eigenvalue weighted by Gasteiger charge is -2.17. The van der Waals surface area contributed by atoms with E-state index in [1.165, 1.54) is 0 Å². The Morgan fingerprint density at radius 1 is 1.31 bits per heavy atom. The largest absolute Gasteiger partial charge is 0.394 e. The standard InChI is InChI=1S/C8H16N2O3/c1-9-2-3-10(8-9)13-7-6-12-5-4-11/h2-3,11H,4-8H2,1H3. The summed E-state index contributed by atoms with van der Waals surface area (Å²) >= 11 is 0. The smallest absolute Gasteiger partial charge is 0.115 e. The summed E-state index contributed by atoms with van der Waals surface area (Å²) in [4.78, 5) is 7.33. The number of hydrogen-bond donors (Lipinski definition) is 1. The minimum Gasteiger partial charge on any atom is -0.394 e. The molecule has 0 saturated heterocycles. The van der Waals surface area contributed by atoms with Crippen molar-refractivity contribution < 1.29 is 14.7 Å². The molecule has 0 atom stereocenters. The summed E-state index contributed by atoms with van der Waals surface area (Å²) in [6.07, 6.45) is 3.81. The van der Waals surface area contributed by atoms with Gasteiger partial charge in [0.15, 0.2) is 0 Å². The van der Waals surface area contributed by atoms with Gasteiger partial charge in [-0.05, 0) is 0 Å². The van der Waals surface area contributed by atoms with Crippen LogP contribution >= 0.6 is 0 Å². The Morgan fingerprint density at radius 3 is 2.77 bits per heavy atom. The van der Waals surface area contributed by atoms with Crippen LogP contribution in [0.5, 0.6) is 0 Å². The highest BCUT2D eigenvalue weighted by Gasteiger charge is 2.07. The fourth-order valence-corrected chi connectivity index (χ4v) is 0.966. The predicted octanol–water partition coefficient (Wildman–Crippen LogP) is -0.397. The average molecular weight is 188 g/mol. The van der Waals surface area contributed by atoms with Crippen molar-refractivity contribution in [2.75, 3.05) is 40.1 Å². The van der Waals surface area contributed by atoms with Gasteiger partial charge >= 0.3 is 0 Å². The Labute approximate surface area is 78.1 Å². The second-order valence-corrected chi connectivity index (χ2v) is 2.78. The molecule has 0 fully saturated rings. The fourth-order valence-electron chi connectivity index (χ4n) is 0.966. The Bertz CT molecular complexity index is 163. The highest BCUT2D eigenvalue weighted by Crippen LogP contribution is 2.03. The van der Waals surface area contributed by atoms with E-state index in [1.807, 2.05) is 24.3 Å². The van der Waals surface area contributed by atoms with Crippen LogP contribution in [0.15, 0.2) is 12.4 Å². The van der Waals surface area contributed by atoms with Crippen molar-refractivity contribution in [3.63, 3.8) is 0 Å². The zero-order valence-corrected chi connectivity index (χ0v) is 7.85. The first-order chi connectivity index (χ1) is 6.33. The summed E-state index contributed by atoms with van der Waals surface area (Å²) in [7, 11) is 1.97. The Hall–Kier alpha value is -0.780. The van der Waals surface area contributed by atoms with E-state index in [2.05, 4.69) is 0 Å². The molecule has 0 aromatic carbocycles. The van der Waals surface area contributed by atoms with E-state index in [1.54, 1.807) is 5.06 Å². The second-order valence-electron chi connectivity index (χ2n) is 2.78. The van der Waals surface area contributed by atoms with Crippen molar-refractivity contribution in [2.45, 2.75) is 0 Å². The lowest BCUT2D eigenvalue weighted by molar-refractivity contribution is -0.141. The van der Waals surface area contributed by atoms with Gasteiger partial charge in [-0.25, -0.2) is 5.06 Å². The normalized spacial score (nSPS) is 15.8. The van der Waals surface area contributed by atoms with Crippen LogP contribution in [-0.2, 0) is 9.57 Å². The third-order valence-corrected chi connectivity index (χ3v) is 1.57. The van der Waals surface area contributed by atoms with Crippen LogP contribution in [0.1, 0.15) is 0 Å². The zero-order valence-electron chi connectivity index (χ0n) is 7.85. The molecular weight excluding hydrogens is 172 g/mol. The van der Waals surface area contributed by atoms with Crippen molar-refractivity contribution in [3.8, 4) is 0 Å². The molecule has 1 aliphatic rings. The van der Waals surface area contributed by atoms with Gasteiger partial charge in [-0.3, -0.25) is 4.84 Å². The highest BCUT2D eigenvalue weighted by molar-refractivity contribution is 4.84. The maximum absolute atomic E-state index is 8.42. The van der Waals surface area contributed by atoms with Crippen LogP contribution in [0, 0.1) is 0 Å². The van der Waals surface area contributed by atoms with E-state index in [4.69, 9.17) is 14.7 Å². The van der Waals surface area contributed by atoms with E-state index < -0.39 is 0 Å². The first kappa shape index (κ1) is 10.3. The molecule has 5 nitrogen and oxygen atoms in total. The van der Waals surface area contributed by atoms with Crippen molar-refractivity contribution in [2.24, 2.45) is 0 Å². The van der Waals surface area contributed by atoms with Crippen molar-refractivity contribution in [1.82, 2.24) is 9.96 Å². The lowest BCUT2D eigenvalue weighted by atomic mass is 10.7. The maximum atomic E-state index is 8.42. The number of hydroxylamine groups is 2. The molecule has 0 unspecified atom stereocenters. The third-order valence-electron chi connectivity index (χ3n) is 1.57. The van der Waals surface area contributed by atoms with Crippen molar-refractivity contribution in [3.05, 3.63) is 12.4 Å². The topological polar surface area (TPSA) is 45.2 Å². The van der Waals surface area contributed by atoms with E-state index in [0.717, 1.165) is 6.67 Å². The third kappa shape index (κ3) is 4.12. The molecule has 0 aromatic heterocycles. The zero-order chi connectivity index (χ0) is 9.52. The van der Waals surface area contributed by atoms with E-state index >= 15 is 0 Å². The summed E-state index contributed by atoms with van der Waals surface area (Å²) in [6, 6.07) is 0. The summed E-state index contributed by atoms with van der Waals surface area (Å²) in [5.74, 6) is 0. The molecule has 0 spiro atoms.